The molecule has 0 aromatic heterocycles. The molecular formula is C10H12O2. The molecule has 1 fully saturated rings. The van der Waals surface area contributed by atoms with Gasteiger partial charge in [-0.25, -0.2) is 0 Å². The van der Waals surface area contributed by atoms with E-state index in [-0.39, 0.29) is 6.10 Å². The van der Waals surface area contributed by atoms with Crippen molar-refractivity contribution in [2.24, 2.45) is 0 Å². The largest absolute Gasteiger partial charge is 0.334 e. The Labute approximate surface area is 73.6 Å². The zero-order chi connectivity index (χ0) is 9.03. The van der Waals surface area contributed by atoms with Crippen LogP contribution in [0.4, 0.5) is 0 Å². The molecule has 0 aromatic rings. The van der Waals surface area contributed by atoms with Crippen LogP contribution in [-0.2, 0) is 9.47 Å². The molecule has 2 atom stereocenters. The molecule has 1 rings (SSSR count). The van der Waals surface area contributed by atoms with Gasteiger partial charge in [0.1, 0.15) is 0 Å². The minimum absolute atomic E-state index is 0.00375. The van der Waals surface area contributed by atoms with Gasteiger partial charge in [0.2, 0.25) is 0 Å². The minimum atomic E-state index is -1.01. The van der Waals surface area contributed by atoms with Crippen LogP contribution in [0.3, 0.4) is 0 Å². The predicted molar refractivity (Wildman–Crippen MR) is 46.1 cm³/mol. The second-order valence-corrected chi connectivity index (χ2v) is 2.64. The summed E-state index contributed by atoms with van der Waals surface area (Å²) >= 11 is 0. The molecule has 0 aliphatic carbocycles. The van der Waals surface area contributed by atoms with Crippen molar-refractivity contribution in [1.82, 2.24) is 0 Å². The number of terminal acetylenes is 1. The van der Waals surface area contributed by atoms with Crippen LogP contribution in [0, 0.1) is 19.3 Å². The molecule has 1 saturated heterocycles. The highest BCUT2D eigenvalue weighted by molar-refractivity contribution is 5.14. The van der Waals surface area contributed by atoms with Gasteiger partial charge < -0.3 is 9.47 Å². The number of rotatable bonds is 3. The lowest BCUT2D eigenvalue weighted by atomic mass is 10.2. The van der Waals surface area contributed by atoms with Gasteiger partial charge in [0.25, 0.3) is 5.79 Å². The van der Waals surface area contributed by atoms with Crippen molar-refractivity contribution < 1.29 is 9.47 Å². The maximum atomic E-state index is 5.43. The van der Waals surface area contributed by atoms with Crippen molar-refractivity contribution in [3.05, 3.63) is 19.6 Å². The van der Waals surface area contributed by atoms with E-state index in [1.807, 2.05) is 0 Å². The Balaban J connectivity index is 2.54. The summed E-state index contributed by atoms with van der Waals surface area (Å²) in [5.74, 6) is 1.40. The Morgan fingerprint density at radius 2 is 2.50 bits per heavy atom. The summed E-state index contributed by atoms with van der Waals surface area (Å²) in [6.07, 6.45) is 8.06. The molecule has 0 spiro atoms. The molecule has 12 heavy (non-hydrogen) atoms. The van der Waals surface area contributed by atoms with E-state index in [4.69, 9.17) is 22.8 Å². The van der Waals surface area contributed by atoms with Crippen LogP contribution in [0.2, 0.25) is 0 Å². The van der Waals surface area contributed by atoms with Gasteiger partial charge in [0.15, 0.2) is 0 Å². The summed E-state index contributed by atoms with van der Waals surface area (Å²) in [5, 5.41) is 0. The molecule has 64 valence electrons. The van der Waals surface area contributed by atoms with Gasteiger partial charge in [-0.1, -0.05) is 6.58 Å². The maximum Gasteiger partial charge on any atom is 0.254 e. The molecular weight excluding hydrogens is 152 g/mol. The number of hydrogen-bond donors (Lipinski definition) is 0. The van der Waals surface area contributed by atoms with Gasteiger partial charge in [-0.3, -0.25) is 0 Å². The van der Waals surface area contributed by atoms with E-state index in [0.717, 1.165) is 6.42 Å². The zero-order valence-corrected chi connectivity index (χ0v) is 6.95. The third kappa shape index (κ3) is 1.69. The molecule has 2 nitrogen and oxygen atoms in total. The molecule has 0 amide bonds. The molecule has 0 saturated carbocycles. The monoisotopic (exact) mass is 164 g/mol. The van der Waals surface area contributed by atoms with Gasteiger partial charge in [-0.05, 0) is 31.8 Å². The predicted octanol–water partition coefficient (Wildman–Crippen LogP) is 1.41. The molecule has 0 aromatic carbocycles. The van der Waals surface area contributed by atoms with Crippen LogP contribution in [0.25, 0.3) is 0 Å². The van der Waals surface area contributed by atoms with E-state index in [2.05, 4.69) is 12.5 Å². The normalized spacial score (nSPS) is 34.5. The molecule has 0 bridgehead atoms. The first-order valence-electron chi connectivity index (χ1n) is 3.89. The van der Waals surface area contributed by atoms with Crippen LogP contribution in [0.5, 0.6) is 0 Å². The summed E-state index contributed by atoms with van der Waals surface area (Å²) in [7, 11) is 0. The van der Waals surface area contributed by atoms with Gasteiger partial charge in [0.05, 0.1) is 12.7 Å². The van der Waals surface area contributed by atoms with Crippen LogP contribution < -0.4 is 0 Å². The SMILES string of the molecule is [CH]CCC1COC(C#C)(C=C)O1. The standard InChI is InChI=1S/C10H12O2/c1-4-7-9-8-11-10(5-2,6-3)12-9/h1-2,6,9H,3-4,7-8H2. The van der Waals surface area contributed by atoms with Crippen LogP contribution in [-0.4, -0.2) is 18.5 Å². The highest BCUT2D eigenvalue weighted by Crippen LogP contribution is 2.26. The average Bonchev–Trinajstić information content (AvgIpc) is 2.50. The van der Waals surface area contributed by atoms with Crippen molar-refractivity contribution in [3.8, 4) is 12.3 Å². The smallest absolute Gasteiger partial charge is 0.254 e. The van der Waals surface area contributed by atoms with Crippen LogP contribution >= 0.6 is 0 Å². The van der Waals surface area contributed by atoms with Crippen molar-refractivity contribution in [2.75, 3.05) is 6.61 Å². The molecule has 1 aliphatic rings. The highest BCUT2D eigenvalue weighted by Gasteiger charge is 2.36. The fraction of sp³-hybridized carbons (Fsp3) is 0.500. The highest BCUT2D eigenvalue weighted by atomic mass is 16.7. The first-order chi connectivity index (χ1) is 5.76. The third-order valence-corrected chi connectivity index (χ3v) is 1.78. The van der Waals surface area contributed by atoms with Crippen LogP contribution in [0.1, 0.15) is 12.8 Å². The lowest BCUT2D eigenvalue weighted by molar-refractivity contribution is -0.0811. The molecule has 2 heteroatoms. The molecule has 1 aliphatic heterocycles. The van der Waals surface area contributed by atoms with E-state index in [0.29, 0.717) is 13.0 Å². The summed E-state index contributed by atoms with van der Waals surface area (Å²) < 4.78 is 10.7. The Morgan fingerprint density at radius 1 is 1.75 bits per heavy atom. The third-order valence-electron chi connectivity index (χ3n) is 1.78. The Hall–Kier alpha value is -0.780. The molecule has 0 N–H and O–H groups in total. The first-order valence-corrected chi connectivity index (χ1v) is 3.89. The van der Waals surface area contributed by atoms with Crippen molar-refractivity contribution in [2.45, 2.75) is 24.7 Å². The topological polar surface area (TPSA) is 18.5 Å². The molecule has 1 heterocycles. The Morgan fingerprint density at radius 3 is 2.92 bits per heavy atom. The molecule has 2 radical (unpaired) electrons. The van der Waals surface area contributed by atoms with Crippen molar-refractivity contribution >= 4 is 0 Å². The lowest BCUT2D eigenvalue weighted by Gasteiger charge is -2.16. The summed E-state index contributed by atoms with van der Waals surface area (Å²) in [6.45, 7) is 9.42. The van der Waals surface area contributed by atoms with Crippen molar-refractivity contribution in [3.63, 3.8) is 0 Å². The van der Waals surface area contributed by atoms with E-state index in [1.54, 1.807) is 0 Å². The van der Waals surface area contributed by atoms with E-state index < -0.39 is 5.79 Å². The second kappa shape index (κ2) is 3.75. The summed E-state index contributed by atoms with van der Waals surface area (Å²) in [5.41, 5.74) is 0. The van der Waals surface area contributed by atoms with E-state index in [9.17, 15) is 0 Å². The molecule has 2 unspecified atom stereocenters. The van der Waals surface area contributed by atoms with E-state index >= 15 is 0 Å². The zero-order valence-electron chi connectivity index (χ0n) is 6.95. The van der Waals surface area contributed by atoms with Gasteiger partial charge in [0, 0.05) is 0 Å². The second-order valence-electron chi connectivity index (χ2n) is 2.64. The van der Waals surface area contributed by atoms with Gasteiger partial charge in [-0.2, -0.15) is 0 Å². The van der Waals surface area contributed by atoms with Crippen molar-refractivity contribution in [1.29, 1.82) is 0 Å². The fourth-order valence-corrected chi connectivity index (χ4v) is 1.10. The van der Waals surface area contributed by atoms with E-state index in [1.165, 1.54) is 6.08 Å². The Kier molecular flexibility index (Phi) is 2.91. The van der Waals surface area contributed by atoms with Gasteiger partial charge in [-0.15, -0.1) is 6.42 Å². The summed E-state index contributed by atoms with van der Waals surface area (Å²) in [6, 6.07) is 0. The Bertz CT molecular complexity index is 204. The van der Waals surface area contributed by atoms with Gasteiger partial charge >= 0.3 is 0 Å². The summed E-state index contributed by atoms with van der Waals surface area (Å²) in [4.78, 5) is 0. The van der Waals surface area contributed by atoms with Crippen LogP contribution in [0.15, 0.2) is 12.7 Å². The first kappa shape index (κ1) is 9.31. The maximum absolute atomic E-state index is 5.43. The minimum Gasteiger partial charge on any atom is -0.334 e. The lowest BCUT2D eigenvalue weighted by Crippen LogP contribution is -2.25. The fourth-order valence-electron chi connectivity index (χ4n) is 1.10. The number of hydrogen-bond acceptors (Lipinski definition) is 2. The number of ether oxygens (including phenoxy) is 2. The average molecular weight is 164 g/mol. The quantitative estimate of drug-likeness (QED) is 0.464.